The molecule has 2 aromatic rings. The summed E-state index contributed by atoms with van der Waals surface area (Å²) >= 11 is 0. The van der Waals surface area contributed by atoms with Crippen LogP contribution in [0, 0.1) is 0 Å². The highest BCUT2D eigenvalue weighted by atomic mass is 31.1. The van der Waals surface area contributed by atoms with Gasteiger partial charge in [-0.25, -0.2) is 9.51 Å². The molecule has 1 aliphatic heterocycles. The molecule has 0 radical (unpaired) electrons. The standard InChI is InChI=1S/C11H13N6O6P/c1-21-7-6(23-24(19)20)4(2-18)22-10(7)17-3-14-5-8(12)15-11(13)16-9(5)17/h3,7,10,18H,2H2,1H3,(H4-,12,13,15,16,19,20)/p+1/t7?,10-/m1/s1. The maximum Gasteiger partial charge on any atom is 0.747 e. The van der Waals surface area contributed by atoms with E-state index in [1.54, 1.807) is 0 Å². The van der Waals surface area contributed by atoms with Crippen molar-refractivity contribution in [3.63, 3.8) is 0 Å². The third kappa shape index (κ3) is 2.61. The Kier molecular flexibility index (Phi) is 4.20. The predicted molar refractivity (Wildman–Crippen MR) is 80.1 cm³/mol. The first-order valence-corrected chi connectivity index (χ1v) is 7.72. The lowest BCUT2D eigenvalue weighted by atomic mass is 10.2. The van der Waals surface area contributed by atoms with Crippen molar-refractivity contribution in [3.8, 4) is 0 Å². The number of aliphatic hydroxyl groups excluding tert-OH is 1. The topological polar surface area (TPSA) is 181 Å². The number of nitrogens with zero attached hydrogens (tertiary/aromatic N) is 4. The molecule has 0 spiro atoms. The number of anilines is 2. The number of rotatable bonds is 5. The van der Waals surface area contributed by atoms with Gasteiger partial charge in [-0.3, -0.25) is 4.57 Å². The Hall–Kier alpha value is -2.53. The van der Waals surface area contributed by atoms with Crippen molar-refractivity contribution in [2.75, 3.05) is 25.2 Å². The van der Waals surface area contributed by atoms with Crippen LogP contribution in [0.2, 0.25) is 0 Å². The highest BCUT2D eigenvalue weighted by Gasteiger charge is 2.44. The van der Waals surface area contributed by atoms with Crippen molar-refractivity contribution in [1.82, 2.24) is 19.5 Å². The van der Waals surface area contributed by atoms with Crippen molar-refractivity contribution < 1.29 is 28.6 Å². The van der Waals surface area contributed by atoms with Gasteiger partial charge in [0.15, 0.2) is 23.3 Å². The maximum atomic E-state index is 11.0. The fourth-order valence-electron chi connectivity index (χ4n) is 2.42. The zero-order chi connectivity index (χ0) is 17.4. The smallest absolute Gasteiger partial charge is 0.465 e. The molecule has 24 heavy (non-hydrogen) atoms. The van der Waals surface area contributed by atoms with Crippen molar-refractivity contribution in [1.29, 1.82) is 0 Å². The van der Waals surface area contributed by atoms with Crippen LogP contribution in [-0.4, -0.2) is 49.3 Å². The molecule has 6 N–H and O–H groups in total. The monoisotopic (exact) mass is 357 g/mol. The number of nitrogens with two attached hydrogens (primary N) is 2. The Bertz CT molecular complexity index is 838. The van der Waals surface area contributed by atoms with Crippen LogP contribution >= 0.6 is 8.25 Å². The summed E-state index contributed by atoms with van der Waals surface area (Å²) in [5.41, 5.74) is 11.9. The summed E-state index contributed by atoms with van der Waals surface area (Å²) in [7, 11) is -1.61. The first-order valence-electron chi connectivity index (χ1n) is 6.59. The Labute approximate surface area is 135 Å². The molecule has 1 aliphatic rings. The Morgan fingerprint density at radius 2 is 2.21 bits per heavy atom. The van der Waals surface area contributed by atoms with Crippen LogP contribution < -0.4 is 11.5 Å². The molecular formula is C11H14N6O6P+. The van der Waals surface area contributed by atoms with E-state index in [0.717, 1.165) is 0 Å². The third-order valence-electron chi connectivity index (χ3n) is 3.37. The summed E-state index contributed by atoms with van der Waals surface area (Å²) in [5, 5.41) is 9.39. The number of ether oxygens (including phenoxy) is 2. The zero-order valence-electron chi connectivity index (χ0n) is 12.4. The van der Waals surface area contributed by atoms with E-state index < -0.39 is 27.2 Å². The molecule has 128 valence electrons. The average molecular weight is 357 g/mol. The van der Waals surface area contributed by atoms with Gasteiger partial charge in [0.25, 0.3) is 0 Å². The van der Waals surface area contributed by atoms with Gasteiger partial charge in [-0.2, -0.15) is 9.97 Å². The SMILES string of the molecule is COC1C(O[P+](=O)O)=C(CO)O[C@H]1n1cnc2c(N)nc(N)nc21. The van der Waals surface area contributed by atoms with Gasteiger partial charge >= 0.3 is 8.25 Å². The number of hydrogen-bond donors (Lipinski definition) is 4. The molecule has 3 rings (SSSR count). The Balaban J connectivity index is 2.06. The lowest BCUT2D eigenvalue weighted by Gasteiger charge is -2.19. The van der Waals surface area contributed by atoms with E-state index in [-0.39, 0.29) is 28.9 Å². The number of imidazole rings is 1. The molecule has 0 bridgehead atoms. The molecular weight excluding hydrogens is 343 g/mol. The average Bonchev–Trinajstić information content (AvgIpc) is 3.07. The van der Waals surface area contributed by atoms with Crippen LogP contribution in [0.25, 0.3) is 11.2 Å². The van der Waals surface area contributed by atoms with Crippen molar-refractivity contribution in [3.05, 3.63) is 17.8 Å². The second-order valence-electron chi connectivity index (χ2n) is 4.73. The van der Waals surface area contributed by atoms with E-state index >= 15 is 0 Å². The van der Waals surface area contributed by atoms with Gasteiger partial charge in [0.05, 0.1) is 0 Å². The Morgan fingerprint density at radius 3 is 2.83 bits per heavy atom. The Morgan fingerprint density at radius 1 is 1.46 bits per heavy atom. The normalized spacial score (nSPS) is 21.2. The lowest BCUT2D eigenvalue weighted by molar-refractivity contribution is -0.0319. The first-order chi connectivity index (χ1) is 11.5. The molecule has 0 saturated heterocycles. The summed E-state index contributed by atoms with van der Waals surface area (Å²) in [6, 6.07) is 0. The first kappa shape index (κ1) is 16.3. The molecule has 0 aromatic carbocycles. The van der Waals surface area contributed by atoms with Gasteiger partial charge in [0, 0.05) is 11.7 Å². The number of hydrogen-bond acceptors (Lipinski definition) is 10. The number of methoxy groups -OCH3 is 1. The van der Waals surface area contributed by atoms with E-state index in [4.69, 9.17) is 30.4 Å². The van der Waals surface area contributed by atoms with Gasteiger partial charge in [-0.1, -0.05) is 0 Å². The highest BCUT2D eigenvalue weighted by Crippen LogP contribution is 2.40. The third-order valence-corrected chi connectivity index (χ3v) is 3.72. The van der Waals surface area contributed by atoms with E-state index in [2.05, 4.69) is 15.0 Å². The second-order valence-corrected chi connectivity index (χ2v) is 5.39. The molecule has 0 amide bonds. The van der Waals surface area contributed by atoms with Gasteiger partial charge < -0.3 is 26.0 Å². The van der Waals surface area contributed by atoms with Crippen LogP contribution in [0.1, 0.15) is 6.23 Å². The minimum absolute atomic E-state index is 0.0406. The van der Waals surface area contributed by atoms with Crippen LogP contribution in [0.15, 0.2) is 17.8 Å². The molecule has 2 unspecified atom stereocenters. The summed E-state index contributed by atoms with van der Waals surface area (Å²) in [6.07, 6.45) is -0.447. The van der Waals surface area contributed by atoms with Crippen LogP contribution in [0.4, 0.5) is 11.8 Å². The van der Waals surface area contributed by atoms with Crippen LogP contribution in [0.3, 0.4) is 0 Å². The number of fused-ring (bicyclic) bond motifs is 1. The van der Waals surface area contributed by atoms with E-state index in [1.165, 1.54) is 18.0 Å². The fourth-order valence-corrected chi connectivity index (χ4v) is 2.80. The molecule has 2 aromatic heterocycles. The summed E-state index contributed by atoms with van der Waals surface area (Å²) in [4.78, 5) is 21.0. The molecule has 12 nitrogen and oxygen atoms in total. The highest BCUT2D eigenvalue weighted by molar-refractivity contribution is 7.32. The summed E-state index contributed by atoms with van der Waals surface area (Å²) in [6.45, 7) is -0.555. The van der Waals surface area contributed by atoms with Crippen LogP contribution in [0.5, 0.6) is 0 Å². The summed E-state index contributed by atoms with van der Waals surface area (Å²) in [5.74, 6) is -0.0982. The molecule has 3 heterocycles. The molecule has 0 aliphatic carbocycles. The quantitative estimate of drug-likeness (QED) is 0.502. The fraction of sp³-hybridized carbons (Fsp3) is 0.364. The van der Waals surface area contributed by atoms with Crippen LogP contribution in [-0.2, 0) is 18.6 Å². The van der Waals surface area contributed by atoms with Crippen molar-refractivity contribution >= 4 is 31.2 Å². The van der Waals surface area contributed by atoms with Gasteiger partial charge in [0.2, 0.25) is 17.9 Å². The number of nitrogen functional groups attached to an aromatic ring is 2. The minimum Gasteiger partial charge on any atom is -0.465 e. The van der Waals surface area contributed by atoms with Gasteiger partial charge in [0.1, 0.15) is 18.5 Å². The number of aliphatic hydroxyl groups is 1. The minimum atomic E-state index is -2.97. The van der Waals surface area contributed by atoms with Gasteiger partial charge in [-0.15, -0.1) is 4.89 Å². The summed E-state index contributed by atoms with van der Waals surface area (Å²) < 4.78 is 28.1. The van der Waals surface area contributed by atoms with E-state index in [9.17, 15) is 9.67 Å². The molecule has 0 saturated carbocycles. The largest absolute Gasteiger partial charge is 0.747 e. The van der Waals surface area contributed by atoms with E-state index in [1.807, 2.05) is 0 Å². The number of aromatic nitrogens is 4. The second kappa shape index (κ2) is 6.17. The lowest BCUT2D eigenvalue weighted by Crippen LogP contribution is -2.25. The van der Waals surface area contributed by atoms with Crippen molar-refractivity contribution in [2.45, 2.75) is 12.3 Å². The molecule has 0 fully saturated rings. The predicted octanol–water partition coefficient (Wildman–Crippen LogP) is -0.595. The van der Waals surface area contributed by atoms with Gasteiger partial charge in [-0.05, 0) is 0 Å². The maximum absolute atomic E-state index is 11.0. The van der Waals surface area contributed by atoms with E-state index in [0.29, 0.717) is 5.52 Å². The zero-order valence-corrected chi connectivity index (χ0v) is 13.3. The van der Waals surface area contributed by atoms with Crippen molar-refractivity contribution in [2.24, 2.45) is 0 Å². The molecule has 13 heteroatoms. The molecule has 3 atom stereocenters.